The molecule has 32 heavy (non-hydrogen) atoms. The first-order chi connectivity index (χ1) is 15.2. The van der Waals surface area contributed by atoms with Gasteiger partial charge in [-0.2, -0.15) is 5.10 Å². The number of hydrogen-bond donors (Lipinski definition) is 0. The molecule has 172 valence electrons. The fraction of sp³-hybridized carbons (Fsp3) is 0.476. The van der Waals surface area contributed by atoms with E-state index in [1.165, 1.54) is 32.4 Å². The third-order valence-corrected chi connectivity index (χ3v) is 4.66. The molecule has 0 amide bonds. The highest BCUT2D eigenvalue weighted by atomic mass is 16.7. The quantitative estimate of drug-likeness (QED) is 0.470. The van der Waals surface area contributed by atoms with Crippen LogP contribution in [0.25, 0.3) is 10.9 Å². The van der Waals surface area contributed by atoms with Crippen LogP contribution >= 0.6 is 0 Å². The Balaban J connectivity index is 2.07. The SMILES string of the molecule is CC(=O)OC[C@H]1O[C@H](n2cc3ccccc3n2)[C@H](OC(C)=O)[C@@H](OC(C)=O)[C@@H]1OC(C)=O. The van der Waals surface area contributed by atoms with Crippen molar-refractivity contribution in [2.45, 2.75) is 58.3 Å². The second-order valence-electron chi connectivity index (χ2n) is 7.26. The number of nitrogens with zero attached hydrogens (tertiary/aromatic N) is 2. The van der Waals surface area contributed by atoms with Crippen LogP contribution in [0.3, 0.4) is 0 Å². The smallest absolute Gasteiger partial charge is 0.303 e. The van der Waals surface area contributed by atoms with Gasteiger partial charge < -0.3 is 23.7 Å². The van der Waals surface area contributed by atoms with Gasteiger partial charge in [-0.25, -0.2) is 4.68 Å². The molecule has 11 nitrogen and oxygen atoms in total. The van der Waals surface area contributed by atoms with Crippen molar-refractivity contribution in [1.29, 1.82) is 0 Å². The van der Waals surface area contributed by atoms with E-state index < -0.39 is 54.5 Å². The standard InChI is InChI=1S/C21H24N2O9/c1-11(24)28-10-17-18(29-12(2)25)19(30-13(3)26)20(31-14(4)27)21(32-17)23-9-15-7-5-6-8-16(15)22-23/h5-9,17-21H,10H2,1-4H3/t17-,18-,19+,20-,21+/m1/s1. The van der Waals surface area contributed by atoms with Crippen molar-refractivity contribution in [2.24, 2.45) is 0 Å². The van der Waals surface area contributed by atoms with Crippen molar-refractivity contribution in [2.75, 3.05) is 6.61 Å². The van der Waals surface area contributed by atoms with Gasteiger partial charge in [0, 0.05) is 39.3 Å². The fourth-order valence-corrected chi connectivity index (χ4v) is 3.53. The monoisotopic (exact) mass is 448 g/mol. The van der Waals surface area contributed by atoms with Gasteiger partial charge in [0.2, 0.25) is 0 Å². The molecule has 0 N–H and O–H groups in total. The van der Waals surface area contributed by atoms with Crippen LogP contribution in [0.2, 0.25) is 0 Å². The molecule has 1 fully saturated rings. The van der Waals surface area contributed by atoms with Gasteiger partial charge in [0.15, 0.2) is 24.5 Å². The summed E-state index contributed by atoms with van der Waals surface area (Å²) in [5, 5.41) is 5.26. The molecule has 0 saturated carbocycles. The maximum absolute atomic E-state index is 11.9. The van der Waals surface area contributed by atoms with E-state index in [-0.39, 0.29) is 6.61 Å². The molecule has 1 saturated heterocycles. The van der Waals surface area contributed by atoms with E-state index in [1.54, 1.807) is 12.3 Å². The number of esters is 4. The molecule has 0 bridgehead atoms. The van der Waals surface area contributed by atoms with Crippen LogP contribution in [0.1, 0.15) is 33.9 Å². The Morgan fingerprint density at radius 1 is 0.875 bits per heavy atom. The van der Waals surface area contributed by atoms with Gasteiger partial charge in [-0.1, -0.05) is 18.2 Å². The third kappa shape index (κ3) is 5.41. The topological polar surface area (TPSA) is 132 Å². The molecule has 2 heterocycles. The van der Waals surface area contributed by atoms with Crippen LogP contribution in [-0.4, -0.2) is 64.7 Å². The average molecular weight is 448 g/mol. The molecule has 1 aliphatic heterocycles. The molecule has 2 aromatic rings. The van der Waals surface area contributed by atoms with Gasteiger partial charge in [0.05, 0.1) is 5.52 Å². The lowest BCUT2D eigenvalue weighted by atomic mass is 9.97. The molecule has 0 aliphatic carbocycles. The maximum Gasteiger partial charge on any atom is 0.303 e. The van der Waals surface area contributed by atoms with Crippen molar-refractivity contribution < 1.29 is 42.9 Å². The summed E-state index contributed by atoms with van der Waals surface area (Å²) in [6.45, 7) is 4.44. The largest absolute Gasteiger partial charge is 0.463 e. The number of carbonyl (C=O) groups is 4. The van der Waals surface area contributed by atoms with Gasteiger partial charge in [0.25, 0.3) is 0 Å². The molecule has 1 aromatic carbocycles. The van der Waals surface area contributed by atoms with Crippen LogP contribution in [0.4, 0.5) is 0 Å². The second kappa shape index (κ2) is 9.77. The Hall–Kier alpha value is -3.47. The molecular weight excluding hydrogens is 424 g/mol. The van der Waals surface area contributed by atoms with Crippen LogP contribution in [0.5, 0.6) is 0 Å². The number of aromatic nitrogens is 2. The Labute approximate surface area is 183 Å². The minimum absolute atomic E-state index is 0.297. The van der Waals surface area contributed by atoms with Gasteiger partial charge >= 0.3 is 23.9 Å². The zero-order valence-corrected chi connectivity index (χ0v) is 18.0. The van der Waals surface area contributed by atoms with Crippen LogP contribution in [0, 0.1) is 0 Å². The lowest BCUT2D eigenvalue weighted by Crippen LogP contribution is -2.60. The van der Waals surface area contributed by atoms with E-state index in [9.17, 15) is 19.2 Å². The molecule has 0 unspecified atom stereocenters. The number of carbonyl (C=O) groups excluding carboxylic acids is 4. The van der Waals surface area contributed by atoms with Crippen molar-refractivity contribution in [3.8, 4) is 0 Å². The first-order valence-electron chi connectivity index (χ1n) is 9.90. The minimum atomic E-state index is -1.24. The molecule has 5 atom stereocenters. The summed E-state index contributed by atoms with van der Waals surface area (Å²) >= 11 is 0. The van der Waals surface area contributed by atoms with Crippen molar-refractivity contribution in [1.82, 2.24) is 9.78 Å². The normalized spacial score (nSPS) is 25.1. The second-order valence-corrected chi connectivity index (χ2v) is 7.26. The summed E-state index contributed by atoms with van der Waals surface area (Å²) < 4.78 is 28.8. The summed E-state index contributed by atoms with van der Waals surface area (Å²) in [6, 6.07) is 7.27. The Morgan fingerprint density at radius 3 is 2.06 bits per heavy atom. The summed E-state index contributed by atoms with van der Waals surface area (Å²) in [6.07, 6.45) is -4.08. The average Bonchev–Trinajstić information content (AvgIpc) is 3.12. The van der Waals surface area contributed by atoms with Gasteiger partial charge in [-0.3, -0.25) is 19.2 Å². The van der Waals surface area contributed by atoms with E-state index >= 15 is 0 Å². The highest BCUT2D eigenvalue weighted by Crippen LogP contribution is 2.35. The summed E-state index contributed by atoms with van der Waals surface area (Å²) in [5.41, 5.74) is 0.653. The Morgan fingerprint density at radius 2 is 1.47 bits per heavy atom. The van der Waals surface area contributed by atoms with E-state index in [0.29, 0.717) is 5.52 Å². The predicted molar refractivity (Wildman–Crippen MR) is 107 cm³/mol. The number of fused-ring (bicyclic) bond motifs is 1. The molecule has 0 radical (unpaired) electrons. The van der Waals surface area contributed by atoms with E-state index in [2.05, 4.69) is 5.10 Å². The molecule has 0 spiro atoms. The highest BCUT2D eigenvalue weighted by Gasteiger charge is 2.53. The van der Waals surface area contributed by atoms with Crippen LogP contribution in [-0.2, 0) is 42.9 Å². The fourth-order valence-electron chi connectivity index (χ4n) is 3.53. The molecular formula is C21H24N2O9. The lowest BCUT2D eigenvalue weighted by Gasteiger charge is -2.44. The summed E-state index contributed by atoms with van der Waals surface area (Å²) in [4.78, 5) is 46.9. The van der Waals surface area contributed by atoms with Gasteiger partial charge in [-0.15, -0.1) is 0 Å². The van der Waals surface area contributed by atoms with Gasteiger partial charge in [0.1, 0.15) is 12.7 Å². The number of ether oxygens (including phenoxy) is 5. The zero-order chi connectivity index (χ0) is 23.4. The van der Waals surface area contributed by atoms with E-state index in [1.807, 2.05) is 18.2 Å². The molecule has 3 rings (SSSR count). The number of rotatable bonds is 6. The predicted octanol–water partition coefficient (Wildman–Crippen LogP) is 1.29. The Kier molecular flexibility index (Phi) is 7.08. The van der Waals surface area contributed by atoms with E-state index in [0.717, 1.165) is 5.39 Å². The van der Waals surface area contributed by atoms with Crippen molar-refractivity contribution >= 4 is 34.8 Å². The summed E-state index contributed by atoms with van der Waals surface area (Å²) in [5.74, 6) is -2.63. The molecule has 1 aromatic heterocycles. The molecule has 1 aliphatic rings. The lowest BCUT2D eigenvalue weighted by molar-refractivity contribution is -0.270. The third-order valence-electron chi connectivity index (χ3n) is 4.66. The van der Waals surface area contributed by atoms with Crippen LogP contribution in [0.15, 0.2) is 30.5 Å². The highest BCUT2D eigenvalue weighted by molar-refractivity contribution is 5.77. The van der Waals surface area contributed by atoms with Crippen molar-refractivity contribution in [3.63, 3.8) is 0 Å². The van der Waals surface area contributed by atoms with Gasteiger partial charge in [-0.05, 0) is 6.07 Å². The van der Waals surface area contributed by atoms with Crippen molar-refractivity contribution in [3.05, 3.63) is 30.5 Å². The first-order valence-corrected chi connectivity index (χ1v) is 9.90. The zero-order valence-electron chi connectivity index (χ0n) is 18.0. The summed E-state index contributed by atoms with van der Waals surface area (Å²) in [7, 11) is 0. The maximum atomic E-state index is 11.9. The first kappa shape index (κ1) is 23.2. The Bertz CT molecular complexity index is 985. The van der Waals surface area contributed by atoms with Crippen LogP contribution < -0.4 is 0 Å². The minimum Gasteiger partial charge on any atom is -0.463 e. The molecule has 11 heteroatoms. The van der Waals surface area contributed by atoms with E-state index in [4.69, 9.17) is 23.7 Å². The number of hydrogen-bond acceptors (Lipinski definition) is 10. The number of benzene rings is 1.